The number of hydrogen-bond acceptors (Lipinski definition) is 2. The number of alkyl halides is 2. The molecule has 3 aromatic rings. The minimum Gasteiger partial charge on any atom is -0.349 e. The average molecular weight is 341 g/mol. The first-order chi connectivity index (χ1) is 12.1. The van der Waals surface area contributed by atoms with Crippen LogP contribution < -0.4 is 5.32 Å². The van der Waals surface area contributed by atoms with Gasteiger partial charge in [-0.1, -0.05) is 36.4 Å². The molecule has 0 atom stereocenters. The van der Waals surface area contributed by atoms with Crippen LogP contribution >= 0.6 is 0 Å². The van der Waals surface area contributed by atoms with Crippen LogP contribution in [0.5, 0.6) is 0 Å². The minimum absolute atomic E-state index is 0.0986. The molecule has 1 saturated carbocycles. The van der Waals surface area contributed by atoms with Crippen molar-refractivity contribution in [3.05, 3.63) is 65.5 Å². The van der Waals surface area contributed by atoms with Gasteiger partial charge in [0.05, 0.1) is 11.1 Å². The second-order valence-electron chi connectivity index (χ2n) is 6.37. The van der Waals surface area contributed by atoms with E-state index in [-0.39, 0.29) is 17.5 Å². The van der Waals surface area contributed by atoms with E-state index < -0.39 is 12.2 Å². The lowest BCUT2D eigenvalue weighted by Crippen LogP contribution is -2.43. The molecule has 2 aromatic carbocycles. The van der Waals surface area contributed by atoms with E-state index in [4.69, 9.17) is 0 Å². The van der Waals surface area contributed by atoms with E-state index in [1.54, 1.807) is 18.2 Å². The fourth-order valence-electron chi connectivity index (χ4n) is 3.33. The summed E-state index contributed by atoms with van der Waals surface area (Å²) in [5.74, 6) is -0.226. The molecule has 1 fully saturated rings. The normalized spacial score (nSPS) is 19.8. The number of aromatic amines is 1. The van der Waals surface area contributed by atoms with E-state index >= 15 is 0 Å². The van der Waals surface area contributed by atoms with Crippen molar-refractivity contribution in [2.45, 2.75) is 31.2 Å². The quantitative estimate of drug-likeness (QED) is 0.748. The number of hydrogen-bond donors (Lipinski definition) is 2. The Morgan fingerprint density at radius 1 is 1.12 bits per heavy atom. The maximum Gasteiger partial charge on any atom is 0.295 e. The molecule has 0 unspecified atom stereocenters. The summed E-state index contributed by atoms with van der Waals surface area (Å²) in [5.41, 5.74) is 2.33. The number of nitrogens with one attached hydrogen (secondary N) is 2. The SMILES string of the molecule is O=C(NC1CC(c2ccccc2)C1)c1cccc2[nH]c(C(F)F)nc12. The van der Waals surface area contributed by atoms with Gasteiger partial charge in [-0.3, -0.25) is 4.79 Å². The fraction of sp³-hybridized carbons (Fsp3) is 0.263. The average Bonchev–Trinajstić information content (AvgIpc) is 3.02. The molecule has 128 valence electrons. The van der Waals surface area contributed by atoms with Crippen molar-refractivity contribution in [2.24, 2.45) is 0 Å². The smallest absolute Gasteiger partial charge is 0.295 e. The van der Waals surface area contributed by atoms with Gasteiger partial charge in [-0.15, -0.1) is 0 Å². The largest absolute Gasteiger partial charge is 0.349 e. The van der Waals surface area contributed by atoms with Crippen molar-refractivity contribution in [1.82, 2.24) is 15.3 Å². The van der Waals surface area contributed by atoms with E-state index in [2.05, 4.69) is 27.4 Å². The third kappa shape index (κ3) is 2.99. The lowest BCUT2D eigenvalue weighted by molar-refractivity contribution is 0.0910. The number of para-hydroxylation sites is 1. The van der Waals surface area contributed by atoms with Gasteiger partial charge in [-0.2, -0.15) is 0 Å². The highest BCUT2D eigenvalue weighted by atomic mass is 19.3. The molecule has 1 amide bonds. The standard InChI is InChI=1S/C19H17F2N3O/c20-17(21)18-23-15-8-4-7-14(16(15)24-18)19(25)22-13-9-12(10-13)11-5-2-1-3-6-11/h1-8,12-13,17H,9-10H2,(H,22,25)(H,23,24). The monoisotopic (exact) mass is 341 g/mol. The van der Waals surface area contributed by atoms with Crippen LogP contribution in [0.3, 0.4) is 0 Å². The van der Waals surface area contributed by atoms with E-state index in [1.165, 1.54) is 5.56 Å². The molecule has 0 spiro atoms. The second-order valence-corrected chi connectivity index (χ2v) is 6.37. The van der Waals surface area contributed by atoms with Crippen LogP contribution in [0.1, 0.15) is 46.9 Å². The Labute approximate surface area is 143 Å². The molecule has 0 saturated heterocycles. The highest BCUT2D eigenvalue weighted by Crippen LogP contribution is 2.37. The molecule has 25 heavy (non-hydrogen) atoms. The molecule has 4 rings (SSSR count). The van der Waals surface area contributed by atoms with Gasteiger partial charge in [0.25, 0.3) is 12.3 Å². The summed E-state index contributed by atoms with van der Waals surface area (Å²) in [6.45, 7) is 0. The predicted molar refractivity (Wildman–Crippen MR) is 90.7 cm³/mol. The van der Waals surface area contributed by atoms with Crippen LogP contribution in [0.25, 0.3) is 11.0 Å². The molecule has 0 aliphatic heterocycles. The summed E-state index contributed by atoms with van der Waals surface area (Å²) in [6, 6.07) is 15.2. The first kappa shape index (κ1) is 15.7. The van der Waals surface area contributed by atoms with Crippen molar-refractivity contribution < 1.29 is 13.6 Å². The van der Waals surface area contributed by atoms with Crippen LogP contribution in [0, 0.1) is 0 Å². The Balaban J connectivity index is 1.46. The Morgan fingerprint density at radius 3 is 2.60 bits per heavy atom. The zero-order valence-corrected chi connectivity index (χ0v) is 13.4. The van der Waals surface area contributed by atoms with Gasteiger partial charge in [-0.25, -0.2) is 13.8 Å². The highest BCUT2D eigenvalue weighted by Gasteiger charge is 2.31. The summed E-state index contributed by atoms with van der Waals surface area (Å²) in [6.07, 6.45) is -0.926. The lowest BCUT2D eigenvalue weighted by Gasteiger charge is -2.36. The summed E-state index contributed by atoms with van der Waals surface area (Å²) < 4.78 is 25.6. The number of carbonyl (C=O) groups excluding carboxylic acids is 1. The number of rotatable bonds is 4. The highest BCUT2D eigenvalue weighted by molar-refractivity contribution is 6.05. The van der Waals surface area contributed by atoms with Crippen molar-refractivity contribution in [2.75, 3.05) is 0 Å². The molecule has 4 nitrogen and oxygen atoms in total. The summed E-state index contributed by atoms with van der Waals surface area (Å²) in [4.78, 5) is 19.0. The first-order valence-corrected chi connectivity index (χ1v) is 8.24. The number of carbonyl (C=O) groups is 1. The van der Waals surface area contributed by atoms with Crippen LogP contribution in [-0.2, 0) is 0 Å². The van der Waals surface area contributed by atoms with E-state index in [1.807, 2.05) is 18.2 Å². The van der Waals surface area contributed by atoms with E-state index in [0.29, 0.717) is 17.0 Å². The zero-order valence-electron chi connectivity index (χ0n) is 13.4. The third-order valence-electron chi connectivity index (χ3n) is 4.73. The van der Waals surface area contributed by atoms with E-state index in [0.717, 1.165) is 12.8 Å². The number of H-pyrrole nitrogens is 1. The number of halogens is 2. The second kappa shape index (κ2) is 6.27. The minimum atomic E-state index is -2.69. The van der Waals surface area contributed by atoms with Gasteiger partial charge in [0, 0.05) is 6.04 Å². The van der Waals surface area contributed by atoms with Gasteiger partial charge < -0.3 is 10.3 Å². The van der Waals surface area contributed by atoms with Gasteiger partial charge in [0.15, 0.2) is 5.82 Å². The first-order valence-electron chi connectivity index (χ1n) is 8.24. The van der Waals surface area contributed by atoms with Gasteiger partial charge in [-0.05, 0) is 36.5 Å². The topological polar surface area (TPSA) is 57.8 Å². The molecule has 0 radical (unpaired) electrons. The third-order valence-corrected chi connectivity index (χ3v) is 4.73. The van der Waals surface area contributed by atoms with Crippen molar-refractivity contribution in [3.8, 4) is 0 Å². The Morgan fingerprint density at radius 2 is 1.88 bits per heavy atom. The van der Waals surface area contributed by atoms with Crippen LogP contribution in [0.15, 0.2) is 48.5 Å². The molecule has 6 heteroatoms. The maximum atomic E-state index is 12.8. The predicted octanol–water partition coefficient (Wildman–Crippen LogP) is 4.18. The van der Waals surface area contributed by atoms with Crippen molar-refractivity contribution in [1.29, 1.82) is 0 Å². The molecule has 1 aliphatic rings. The lowest BCUT2D eigenvalue weighted by atomic mass is 9.76. The summed E-state index contributed by atoms with van der Waals surface area (Å²) in [5, 5.41) is 2.98. The Kier molecular flexibility index (Phi) is 3.95. The number of fused-ring (bicyclic) bond motifs is 1. The fourth-order valence-corrected chi connectivity index (χ4v) is 3.33. The van der Waals surface area contributed by atoms with Crippen molar-refractivity contribution in [3.63, 3.8) is 0 Å². The molecule has 1 aliphatic carbocycles. The number of nitrogens with zero attached hydrogens (tertiary/aromatic N) is 1. The molecular weight excluding hydrogens is 324 g/mol. The zero-order chi connectivity index (χ0) is 17.4. The van der Waals surface area contributed by atoms with Gasteiger partial charge in [0.1, 0.15) is 5.52 Å². The number of aromatic nitrogens is 2. The number of imidazole rings is 1. The molecule has 1 heterocycles. The Bertz CT molecular complexity index is 901. The van der Waals surface area contributed by atoms with Crippen LogP contribution in [-0.4, -0.2) is 21.9 Å². The van der Waals surface area contributed by atoms with E-state index in [9.17, 15) is 13.6 Å². The maximum absolute atomic E-state index is 12.8. The Hall–Kier alpha value is -2.76. The van der Waals surface area contributed by atoms with Gasteiger partial charge in [0.2, 0.25) is 0 Å². The van der Waals surface area contributed by atoms with Crippen LogP contribution in [0.4, 0.5) is 8.78 Å². The van der Waals surface area contributed by atoms with Crippen LogP contribution in [0.2, 0.25) is 0 Å². The summed E-state index contributed by atoms with van der Waals surface area (Å²) in [7, 11) is 0. The molecule has 0 bridgehead atoms. The van der Waals surface area contributed by atoms with Gasteiger partial charge >= 0.3 is 0 Å². The summed E-state index contributed by atoms with van der Waals surface area (Å²) >= 11 is 0. The number of amides is 1. The molecule has 1 aromatic heterocycles. The molecular formula is C19H17F2N3O. The van der Waals surface area contributed by atoms with Crippen molar-refractivity contribution >= 4 is 16.9 Å². The molecule has 2 N–H and O–H groups in total. The number of benzene rings is 2.